The highest BCUT2D eigenvalue weighted by Crippen LogP contribution is 2.32. The van der Waals surface area contributed by atoms with Crippen LogP contribution in [0.3, 0.4) is 0 Å². The van der Waals surface area contributed by atoms with Crippen LogP contribution in [0.2, 0.25) is 0 Å². The summed E-state index contributed by atoms with van der Waals surface area (Å²) in [4.78, 5) is 31.8. The number of rotatable bonds is 8. The van der Waals surface area contributed by atoms with E-state index in [0.29, 0.717) is 44.5 Å². The van der Waals surface area contributed by atoms with Crippen LogP contribution in [0.1, 0.15) is 37.9 Å². The molecule has 4 rings (SSSR count). The van der Waals surface area contributed by atoms with Gasteiger partial charge in [-0.05, 0) is 62.2 Å². The van der Waals surface area contributed by atoms with Crippen LogP contribution in [0.25, 0.3) is 6.08 Å². The second kappa shape index (κ2) is 10.8. The first-order valence-corrected chi connectivity index (χ1v) is 12.4. The number of nitrogens with zero attached hydrogens (tertiary/aromatic N) is 2. The Bertz CT molecular complexity index is 1480. The normalized spacial score (nSPS) is 15.2. The Balaban J connectivity index is 1.90. The number of allylic oxidation sites excluding steroid dienone is 1. The molecule has 36 heavy (non-hydrogen) atoms. The molecule has 0 fully saturated rings. The van der Waals surface area contributed by atoms with Gasteiger partial charge in [0.1, 0.15) is 5.75 Å². The molecule has 0 saturated heterocycles. The Hall–Kier alpha value is -3.85. The van der Waals surface area contributed by atoms with Crippen LogP contribution >= 0.6 is 11.3 Å². The third-order valence-corrected chi connectivity index (χ3v) is 6.72. The van der Waals surface area contributed by atoms with Crippen LogP contribution in [0, 0.1) is 0 Å². The van der Waals surface area contributed by atoms with E-state index in [9.17, 15) is 9.59 Å². The van der Waals surface area contributed by atoms with Crippen LogP contribution < -0.4 is 29.1 Å². The summed E-state index contributed by atoms with van der Waals surface area (Å²) in [7, 11) is 3.17. The highest BCUT2D eigenvalue weighted by Gasteiger charge is 2.33. The lowest BCUT2D eigenvalue weighted by Crippen LogP contribution is -2.39. The summed E-state index contributed by atoms with van der Waals surface area (Å²) in [5.74, 6) is 1.39. The van der Waals surface area contributed by atoms with Gasteiger partial charge in [0.25, 0.3) is 5.56 Å². The summed E-state index contributed by atoms with van der Waals surface area (Å²) in [5.41, 5.74) is 2.15. The maximum absolute atomic E-state index is 13.7. The number of esters is 1. The van der Waals surface area contributed by atoms with E-state index in [0.717, 1.165) is 11.1 Å². The Kier molecular flexibility index (Phi) is 7.59. The number of fused-ring (bicyclic) bond motifs is 1. The van der Waals surface area contributed by atoms with E-state index in [1.807, 2.05) is 31.2 Å². The van der Waals surface area contributed by atoms with Gasteiger partial charge >= 0.3 is 5.97 Å². The number of hydrogen-bond donors (Lipinski definition) is 0. The summed E-state index contributed by atoms with van der Waals surface area (Å²) in [6, 6.07) is 12.1. The summed E-state index contributed by atoms with van der Waals surface area (Å²) >= 11 is 1.27. The van der Waals surface area contributed by atoms with Crippen LogP contribution in [-0.2, 0) is 9.53 Å². The molecule has 1 atom stereocenters. The standard InChI is InChI=1S/C27H28N2O6S/c1-6-34-21-14-17(8-13-20(21)33-5)15-22-25(30)29-24(18-9-11-19(32-4)12-10-18)23(26(31)35-7-2)16(3)28-27(29)36-22/h8-15,24H,6-7H2,1-5H3/b22-15-/t24-/m0/s1. The lowest BCUT2D eigenvalue weighted by Gasteiger charge is -2.24. The molecule has 0 saturated carbocycles. The molecule has 0 aliphatic carbocycles. The maximum Gasteiger partial charge on any atom is 0.338 e. The summed E-state index contributed by atoms with van der Waals surface area (Å²) in [6.45, 7) is 6.11. The van der Waals surface area contributed by atoms with Gasteiger partial charge in [-0.2, -0.15) is 0 Å². The molecule has 2 aromatic carbocycles. The number of thiazole rings is 1. The van der Waals surface area contributed by atoms with Crippen LogP contribution in [0.15, 0.2) is 63.5 Å². The van der Waals surface area contributed by atoms with Crippen molar-refractivity contribution in [1.82, 2.24) is 4.57 Å². The zero-order valence-electron chi connectivity index (χ0n) is 20.9. The predicted octanol–water partition coefficient (Wildman–Crippen LogP) is 3.21. The average Bonchev–Trinajstić information content (AvgIpc) is 3.18. The quantitative estimate of drug-likeness (QED) is 0.434. The maximum atomic E-state index is 13.7. The zero-order valence-corrected chi connectivity index (χ0v) is 21.7. The van der Waals surface area contributed by atoms with Crippen molar-refractivity contribution in [1.29, 1.82) is 0 Å². The lowest BCUT2D eigenvalue weighted by molar-refractivity contribution is -0.139. The van der Waals surface area contributed by atoms with Crippen molar-refractivity contribution in [3.63, 3.8) is 0 Å². The van der Waals surface area contributed by atoms with Gasteiger partial charge in [-0.15, -0.1) is 0 Å². The van der Waals surface area contributed by atoms with E-state index in [2.05, 4.69) is 4.99 Å². The molecule has 8 nitrogen and oxygen atoms in total. The number of carbonyl (C=O) groups is 1. The Morgan fingerprint density at radius 3 is 2.44 bits per heavy atom. The first-order valence-electron chi connectivity index (χ1n) is 11.6. The second-order valence-corrected chi connectivity index (χ2v) is 8.93. The largest absolute Gasteiger partial charge is 0.497 e. The molecule has 1 aliphatic heterocycles. The molecule has 2 heterocycles. The minimum absolute atomic E-state index is 0.217. The highest BCUT2D eigenvalue weighted by molar-refractivity contribution is 7.07. The van der Waals surface area contributed by atoms with Gasteiger partial charge in [-0.25, -0.2) is 9.79 Å². The van der Waals surface area contributed by atoms with Gasteiger partial charge in [0.15, 0.2) is 16.3 Å². The van der Waals surface area contributed by atoms with Crippen molar-refractivity contribution in [3.05, 3.63) is 84.5 Å². The van der Waals surface area contributed by atoms with E-state index < -0.39 is 12.0 Å². The molecule has 0 N–H and O–H groups in total. The van der Waals surface area contributed by atoms with Gasteiger partial charge in [-0.1, -0.05) is 29.5 Å². The van der Waals surface area contributed by atoms with E-state index in [-0.39, 0.29) is 12.2 Å². The van der Waals surface area contributed by atoms with E-state index in [1.54, 1.807) is 56.9 Å². The van der Waals surface area contributed by atoms with Gasteiger partial charge in [0, 0.05) is 0 Å². The van der Waals surface area contributed by atoms with Crippen molar-refractivity contribution >= 4 is 23.4 Å². The van der Waals surface area contributed by atoms with Crippen molar-refractivity contribution in [3.8, 4) is 17.2 Å². The minimum atomic E-state index is -0.678. The molecular weight excluding hydrogens is 480 g/mol. The minimum Gasteiger partial charge on any atom is -0.497 e. The number of benzene rings is 2. The summed E-state index contributed by atoms with van der Waals surface area (Å²) < 4.78 is 23.7. The fourth-order valence-corrected chi connectivity index (χ4v) is 5.14. The summed E-state index contributed by atoms with van der Waals surface area (Å²) in [6.07, 6.45) is 1.79. The monoisotopic (exact) mass is 508 g/mol. The molecule has 3 aromatic rings. The number of aromatic nitrogens is 1. The number of carbonyl (C=O) groups excluding carboxylic acids is 1. The van der Waals surface area contributed by atoms with Crippen LogP contribution in [-0.4, -0.2) is 38.0 Å². The number of ether oxygens (including phenoxy) is 4. The molecule has 188 valence electrons. The molecule has 0 radical (unpaired) electrons. The Morgan fingerprint density at radius 1 is 1.06 bits per heavy atom. The van der Waals surface area contributed by atoms with Crippen LogP contribution in [0.5, 0.6) is 17.2 Å². The molecule has 9 heteroatoms. The molecule has 1 aliphatic rings. The smallest absolute Gasteiger partial charge is 0.338 e. The lowest BCUT2D eigenvalue weighted by atomic mass is 9.96. The molecule has 0 spiro atoms. The third-order valence-electron chi connectivity index (χ3n) is 5.73. The topological polar surface area (TPSA) is 88.4 Å². The van der Waals surface area contributed by atoms with Crippen molar-refractivity contribution < 1.29 is 23.7 Å². The van der Waals surface area contributed by atoms with Gasteiger partial charge in [-0.3, -0.25) is 9.36 Å². The van der Waals surface area contributed by atoms with Crippen LogP contribution in [0.4, 0.5) is 0 Å². The van der Waals surface area contributed by atoms with E-state index in [4.69, 9.17) is 18.9 Å². The third kappa shape index (κ3) is 4.79. The highest BCUT2D eigenvalue weighted by atomic mass is 32.1. The molecule has 0 unspecified atom stereocenters. The predicted molar refractivity (Wildman–Crippen MR) is 138 cm³/mol. The Labute approximate surface area is 212 Å². The number of hydrogen-bond acceptors (Lipinski definition) is 8. The zero-order chi connectivity index (χ0) is 25.8. The van der Waals surface area contributed by atoms with E-state index in [1.165, 1.54) is 11.3 Å². The summed E-state index contributed by atoms with van der Waals surface area (Å²) in [5, 5.41) is 0. The molecule has 1 aromatic heterocycles. The first kappa shape index (κ1) is 25.2. The second-order valence-electron chi connectivity index (χ2n) is 7.92. The van der Waals surface area contributed by atoms with Gasteiger partial charge in [0.05, 0.1) is 49.3 Å². The average molecular weight is 509 g/mol. The fraction of sp³-hybridized carbons (Fsp3) is 0.296. The number of methoxy groups -OCH3 is 2. The van der Waals surface area contributed by atoms with Crippen molar-refractivity contribution in [2.45, 2.75) is 26.8 Å². The molecular formula is C27H28N2O6S. The fourth-order valence-electron chi connectivity index (χ4n) is 4.10. The molecule has 0 amide bonds. The SMILES string of the molecule is CCOC(=O)C1=C(C)N=c2s/c(=C\c3ccc(OC)c(OCC)c3)c(=O)n2[C@H]1c1ccc(OC)cc1. The van der Waals surface area contributed by atoms with E-state index >= 15 is 0 Å². The van der Waals surface area contributed by atoms with Gasteiger partial charge in [0.2, 0.25) is 0 Å². The van der Waals surface area contributed by atoms with Crippen molar-refractivity contribution in [2.24, 2.45) is 4.99 Å². The molecule has 0 bridgehead atoms. The first-order chi connectivity index (χ1) is 17.4. The van der Waals surface area contributed by atoms with Crippen molar-refractivity contribution in [2.75, 3.05) is 27.4 Å². The Morgan fingerprint density at radius 2 is 1.81 bits per heavy atom. The van der Waals surface area contributed by atoms with Gasteiger partial charge < -0.3 is 18.9 Å².